The largest absolute Gasteiger partial charge is 0.478 e. The number of carbonyl (C=O) groups is 1. The van der Waals surface area contributed by atoms with Crippen LogP contribution >= 0.6 is 7.14 Å². The highest BCUT2D eigenvalue weighted by Crippen LogP contribution is 2.62. The predicted molar refractivity (Wildman–Crippen MR) is 171 cm³/mol. The van der Waals surface area contributed by atoms with Crippen molar-refractivity contribution in [1.29, 1.82) is 0 Å². The molecule has 0 bridgehead atoms. The maximum atomic E-state index is 16.6. The van der Waals surface area contributed by atoms with E-state index in [1.807, 2.05) is 0 Å². The first-order valence-electron chi connectivity index (χ1n) is 21.1. The number of hydrogen-bond donors (Lipinski definition) is 1. The van der Waals surface area contributed by atoms with Gasteiger partial charge >= 0.3 is 5.97 Å². The number of aromatic carboxylic acids is 1. The highest BCUT2D eigenvalue weighted by molar-refractivity contribution is 7.83. The Morgan fingerprint density at radius 3 is 2.47 bits per heavy atom. The molecule has 3 heterocycles. The summed E-state index contributed by atoms with van der Waals surface area (Å²) < 4.78 is 193. The Labute approximate surface area is 281 Å². The van der Waals surface area contributed by atoms with Gasteiger partial charge in [-0.25, -0.2) is 22.5 Å². The summed E-state index contributed by atoms with van der Waals surface area (Å²) in [4.78, 5) is 13.0. The zero-order valence-electron chi connectivity index (χ0n) is 38.6. The van der Waals surface area contributed by atoms with E-state index in [9.17, 15) is 9.90 Å². The molecule has 5 nitrogen and oxygen atoms in total. The van der Waals surface area contributed by atoms with E-state index in [0.29, 0.717) is 4.90 Å². The summed E-state index contributed by atoms with van der Waals surface area (Å²) in [5, 5.41) is 9.18. The molecule has 2 fully saturated rings. The van der Waals surface area contributed by atoms with Gasteiger partial charge in [0.1, 0.15) is 29.9 Å². The molecule has 0 spiro atoms. The number of fused-ring (bicyclic) bond motifs is 2. The number of anilines is 1. The van der Waals surface area contributed by atoms with E-state index < -0.39 is 126 Å². The van der Waals surface area contributed by atoms with Crippen LogP contribution < -0.4 is 15.5 Å². The zero-order chi connectivity index (χ0) is 45.1. The first-order valence-corrected chi connectivity index (χ1v) is 15.3. The maximum absolute atomic E-state index is 16.6. The fourth-order valence-corrected chi connectivity index (χ4v) is 8.84. The van der Waals surface area contributed by atoms with E-state index in [2.05, 4.69) is 0 Å². The van der Waals surface area contributed by atoms with Crippen LogP contribution in [0.25, 0.3) is 5.57 Å². The van der Waals surface area contributed by atoms with Crippen molar-refractivity contribution in [3.8, 4) is 0 Å². The minimum atomic E-state index is -4.75. The molecule has 4 aliphatic rings. The molecule has 2 saturated heterocycles. The van der Waals surface area contributed by atoms with Crippen LogP contribution in [0.4, 0.5) is 18.9 Å². The van der Waals surface area contributed by atoms with Gasteiger partial charge in [0.2, 0.25) is 5.71 Å². The third-order valence-corrected chi connectivity index (χ3v) is 11.0. The smallest absolute Gasteiger partial charge is 0.339 e. The van der Waals surface area contributed by atoms with E-state index in [1.54, 1.807) is 0 Å². The molecule has 45 heavy (non-hydrogen) atoms. The summed E-state index contributed by atoms with van der Waals surface area (Å²) >= 11 is 0. The minimum Gasteiger partial charge on any atom is -0.478 e. The van der Waals surface area contributed by atoms with Gasteiger partial charge < -0.3 is 14.6 Å². The number of carboxylic acids is 1. The summed E-state index contributed by atoms with van der Waals surface area (Å²) in [5.41, 5.74) is -6.05. The lowest BCUT2D eigenvalue weighted by atomic mass is 9.85. The molecule has 0 saturated carbocycles. The molecular weight excluding hydrogens is 596 g/mol. The normalized spacial score (nSPS) is 37.0. The van der Waals surface area contributed by atoms with Gasteiger partial charge in [0.05, 0.1) is 0 Å². The quantitative estimate of drug-likeness (QED) is 0.193. The van der Waals surface area contributed by atoms with E-state index in [-0.39, 0.29) is 21.0 Å². The first kappa shape index (κ1) is 17.0. The molecule has 3 aromatic rings. The number of nitrogens with zero attached hydrogens (tertiary/aromatic N) is 2. The first-order chi connectivity index (χ1) is 27.2. The summed E-state index contributed by atoms with van der Waals surface area (Å²) in [6, 6.07) is 10.0. The minimum absolute atomic E-state index is 0.0903. The lowest BCUT2D eigenvalue weighted by molar-refractivity contribution is -0.504. The SMILES string of the molecule is [2H]C1([2H])N(c2ccc3c(c2)P(=O)(c2ccccc2)C2=CC(=[N+]4C([2H])([2H])C([2H])([2H])C([2H])([2H])C4([2H])[2H])C=CC2=C3c2c(F)c(C)c(F)c(F)c2C(=O)O)C([2H])([2H])C([2H])(C)C1([2H])[2H]. The Morgan fingerprint density at radius 1 is 1.07 bits per heavy atom. The van der Waals surface area contributed by atoms with E-state index in [0.717, 1.165) is 50.3 Å². The lowest BCUT2D eigenvalue weighted by Crippen LogP contribution is -2.30. The summed E-state index contributed by atoms with van der Waals surface area (Å²) in [7, 11) is -4.75. The Bertz CT molecular complexity index is 2590. The average Bonchev–Trinajstić information content (AvgIpc) is 3.27. The van der Waals surface area contributed by atoms with Crippen LogP contribution in [-0.4, -0.2) is 47.4 Å². The molecule has 0 aromatic heterocycles. The Balaban J connectivity index is 1.70. The molecule has 0 radical (unpaired) electrons. The second-order valence-corrected chi connectivity index (χ2v) is 13.2. The van der Waals surface area contributed by atoms with Crippen LogP contribution in [-0.2, 0) is 4.57 Å². The van der Waals surface area contributed by atoms with Crippen molar-refractivity contribution in [2.24, 2.45) is 5.89 Å². The molecule has 0 amide bonds. The second kappa shape index (κ2) is 11.0. The van der Waals surface area contributed by atoms with Gasteiger partial charge in [-0.15, -0.1) is 0 Å². The van der Waals surface area contributed by atoms with Crippen LogP contribution in [0.2, 0.25) is 0 Å². The highest BCUT2D eigenvalue weighted by Gasteiger charge is 2.45. The van der Waals surface area contributed by atoms with Gasteiger partial charge in [0.15, 0.2) is 18.8 Å². The molecule has 3 aliphatic heterocycles. The van der Waals surface area contributed by atoms with Gasteiger partial charge in [0, 0.05) is 91.3 Å². The van der Waals surface area contributed by atoms with Crippen LogP contribution in [0.15, 0.2) is 77.6 Å². The molecule has 3 aromatic carbocycles. The van der Waals surface area contributed by atoms with Gasteiger partial charge in [-0.2, -0.15) is 0 Å². The number of halogens is 3. The Hall–Kier alpha value is -4.16. The van der Waals surface area contributed by atoms with Gasteiger partial charge in [-0.3, -0.25) is 0 Å². The molecule has 7 rings (SSSR count). The molecule has 2 atom stereocenters. The second-order valence-electron chi connectivity index (χ2n) is 10.5. The van der Waals surface area contributed by atoms with E-state index in [1.165, 1.54) is 30.3 Å². The zero-order valence-corrected chi connectivity index (χ0v) is 24.5. The fourth-order valence-electron chi connectivity index (χ4n) is 5.75. The third kappa shape index (κ3) is 4.56. The van der Waals surface area contributed by atoms with Crippen molar-refractivity contribution >= 4 is 40.7 Å². The van der Waals surface area contributed by atoms with Crippen molar-refractivity contribution in [3.05, 3.63) is 117 Å². The Kier molecular flexibility index (Phi) is 4.15. The van der Waals surface area contributed by atoms with Crippen molar-refractivity contribution in [2.75, 3.05) is 30.9 Å². The van der Waals surface area contributed by atoms with Crippen molar-refractivity contribution in [2.45, 2.75) is 33.0 Å². The standard InChI is InChI=1S/C36H32F3N2O3P/c1-21-14-17-41(20-21)24-11-13-27-29(19-24)45(44,25-8-4-3-5-9-25)28-18-23(40-15-6-7-16-40)10-12-26(28)30(27)31-32(36(42)43)35(39)34(38)22(2)33(31)37/h3-5,8-13,18-19,21H,6-7,14-17,20H2,1-2H3/p+1/i6D2,7D2,14D2,15D2,16D2,17D2,20D2,21D. The Morgan fingerprint density at radius 2 is 1.80 bits per heavy atom. The van der Waals surface area contributed by atoms with Gasteiger partial charge in [0.25, 0.3) is 0 Å². The monoisotopic (exact) mass is 644 g/mol. The van der Waals surface area contributed by atoms with Crippen molar-refractivity contribution in [1.82, 2.24) is 0 Å². The van der Waals surface area contributed by atoms with Gasteiger partial charge in [-0.05, 0) is 48.5 Å². The number of carboxylic acid groups (broad SMARTS) is 1. The van der Waals surface area contributed by atoms with Gasteiger partial charge in [-0.1, -0.05) is 43.3 Å². The van der Waals surface area contributed by atoms with E-state index in [4.69, 9.17) is 20.6 Å². The third-order valence-electron chi connectivity index (χ3n) is 7.85. The lowest BCUT2D eigenvalue weighted by Gasteiger charge is -2.35. The fraction of sp³-hybridized carbons (Fsp3) is 0.278. The summed E-state index contributed by atoms with van der Waals surface area (Å²) in [6.07, 6.45) is -7.50. The number of allylic oxidation sites excluding steroid dienone is 5. The molecule has 1 N–H and O–H groups in total. The van der Waals surface area contributed by atoms with Crippen LogP contribution in [0.1, 0.15) is 73.7 Å². The van der Waals surface area contributed by atoms with Crippen LogP contribution in [0.3, 0.4) is 0 Å². The van der Waals surface area contributed by atoms with E-state index >= 15 is 17.7 Å². The number of benzene rings is 3. The molecule has 2 unspecified atom stereocenters. The summed E-state index contributed by atoms with van der Waals surface area (Å²) in [5.74, 6) is -10.4. The van der Waals surface area contributed by atoms with Crippen molar-refractivity contribution < 1.29 is 52.8 Å². The molecule has 230 valence electrons. The van der Waals surface area contributed by atoms with Crippen LogP contribution in [0, 0.1) is 30.3 Å². The maximum Gasteiger partial charge on any atom is 0.339 e. The van der Waals surface area contributed by atoms with Crippen molar-refractivity contribution in [3.63, 3.8) is 0 Å². The molecular formula is C36H33F3N2O3P+. The number of hydrogen-bond acceptors (Lipinski definition) is 3. The average molecular weight is 645 g/mol. The molecule has 9 heteroatoms. The molecule has 1 aliphatic carbocycles. The van der Waals surface area contributed by atoms with Crippen LogP contribution in [0.5, 0.6) is 0 Å². The summed E-state index contributed by atoms with van der Waals surface area (Å²) in [6.45, 7) is -11.8. The number of rotatable bonds is 4. The highest BCUT2D eigenvalue weighted by atomic mass is 31.2. The predicted octanol–water partition coefficient (Wildman–Crippen LogP) is 6.79. The topological polar surface area (TPSA) is 60.6 Å².